The molecule has 0 fully saturated rings. The van der Waals surface area contributed by atoms with Crippen molar-refractivity contribution < 1.29 is 21.2 Å². The molecule has 0 radical (unpaired) electrons. The van der Waals surface area contributed by atoms with Crippen molar-refractivity contribution in [1.82, 2.24) is 0 Å². The molecule has 0 atom stereocenters. The normalized spacial score (nSPS) is 12.4. The first-order valence-electron chi connectivity index (χ1n) is 5.40. The van der Waals surface area contributed by atoms with Crippen molar-refractivity contribution in [2.24, 2.45) is 0 Å². The van der Waals surface area contributed by atoms with Crippen molar-refractivity contribution in [3.63, 3.8) is 0 Å². The summed E-state index contributed by atoms with van der Waals surface area (Å²) in [4.78, 5) is -0.689. The largest absolute Gasteiger partial charge is 0.283 e. The molecular formula is C10H13ClFNO4S2. The Balaban J connectivity index is 2.97. The van der Waals surface area contributed by atoms with Crippen LogP contribution in [-0.2, 0) is 19.1 Å². The number of rotatable bonds is 6. The van der Waals surface area contributed by atoms with Gasteiger partial charge in [-0.05, 0) is 24.6 Å². The highest BCUT2D eigenvalue weighted by Gasteiger charge is 2.17. The molecule has 1 aromatic rings. The molecule has 0 saturated heterocycles. The summed E-state index contributed by atoms with van der Waals surface area (Å²) in [6, 6.07) is 2.83. The van der Waals surface area contributed by atoms with Gasteiger partial charge in [0.15, 0.2) is 0 Å². The molecule has 0 heterocycles. The highest BCUT2D eigenvalue weighted by molar-refractivity contribution is 8.13. The molecule has 9 heteroatoms. The minimum absolute atomic E-state index is 0.0438. The van der Waals surface area contributed by atoms with E-state index in [9.17, 15) is 21.2 Å². The predicted octanol–water partition coefficient (Wildman–Crippen LogP) is 2.29. The van der Waals surface area contributed by atoms with E-state index in [1.807, 2.05) is 6.92 Å². The molecule has 1 rings (SSSR count). The maximum Gasteiger partial charge on any atom is 0.264 e. The fourth-order valence-corrected chi connectivity index (χ4v) is 3.48. The second-order valence-corrected chi connectivity index (χ2v) is 8.23. The lowest BCUT2D eigenvalue weighted by Crippen LogP contribution is -2.16. The molecule has 0 saturated carbocycles. The van der Waals surface area contributed by atoms with Crippen LogP contribution in [-0.4, -0.2) is 22.6 Å². The van der Waals surface area contributed by atoms with Crippen molar-refractivity contribution in [2.75, 3.05) is 10.5 Å². The van der Waals surface area contributed by atoms with Crippen LogP contribution in [0.2, 0.25) is 0 Å². The highest BCUT2D eigenvalue weighted by Crippen LogP contribution is 2.22. The van der Waals surface area contributed by atoms with Gasteiger partial charge in [0.1, 0.15) is 10.7 Å². The molecular weight excluding hydrogens is 317 g/mol. The van der Waals surface area contributed by atoms with Crippen LogP contribution in [0, 0.1) is 5.82 Å². The maximum absolute atomic E-state index is 13.5. The molecule has 0 spiro atoms. The van der Waals surface area contributed by atoms with Crippen LogP contribution in [0.15, 0.2) is 23.1 Å². The Bertz CT molecular complexity index is 658. The van der Waals surface area contributed by atoms with Gasteiger partial charge >= 0.3 is 0 Å². The van der Waals surface area contributed by atoms with Crippen LogP contribution >= 0.6 is 10.7 Å². The van der Waals surface area contributed by atoms with Gasteiger partial charge in [0.25, 0.3) is 9.05 Å². The number of hydrogen-bond donors (Lipinski definition) is 1. The summed E-state index contributed by atoms with van der Waals surface area (Å²) in [6.07, 6.45) is 1.19. The molecule has 0 bridgehead atoms. The van der Waals surface area contributed by atoms with Crippen LogP contribution in [0.25, 0.3) is 0 Å². The lowest BCUT2D eigenvalue weighted by atomic mass is 10.3. The Morgan fingerprint density at radius 2 is 1.89 bits per heavy atom. The van der Waals surface area contributed by atoms with E-state index >= 15 is 0 Å². The number of nitrogens with one attached hydrogen (secondary N) is 1. The lowest BCUT2D eigenvalue weighted by Gasteiger charge is -2.08. The SMILES string of the molecule is CCCCS(=O)(=O)Nc1ccc(S(=O)(=O)Cl)c(F)c1. The summed E-state index contributed by atoms with van der Waals surface area (Å²) in [5.41, 5.74) is -0.0438. The first kappa shape index (κ1) is 16.2. The zero-order valence-corrected chi connectivity index (χ0v) is 12.4. The summed E-state index contributed by atoms with van der Waals surface area (Å²) >= 11 is 0. The number of anilines is 1. The van der Waals surface area contributed by atoms with Gasteiger partial charge < -0.3 is 0 Å². The summed E-state index contributed by atoms with van der Waals surface area (Å²) in [5, 5.41) is 0. The van der Waals surface area contributed by atoms with Crippen molar-refractivity contribution in [3.8, 4) is 0 Å². The number of sulfonamides is 1. The second-order valence-electron chi connectivity index (χ2n) is 3.86. The first-order chi connectivity index (χ1) is 8.65. The second kappa shape index (κ2) is 6.06. The standard InChI is InChI=1S/C10H13ClFNO4S2/c1-2-3-6-18(14,15)13-8-4-5-10(9(12)7-8)19(11,16)17/h4-5,7,13H,2-3,6H2,1H3. The van der Waals surface area contributed by atoms with Gasteiger partial charge in [-0.1, -0.05) is 13.3 Å². The Labute approximate surface area is 116 Å². The van der Waals surface area contributed by atoms with Crippen LogP contribution in [0.4, 0.5) is 10.1 Å². The van der Waals surface area contributed by atoms with Crippen LogP contribution in [0.5, 0.6) is 0 Å². The van der Waals surface area contributed by atoms with Gasteiger partial charge in [-0.2, -0.15) is 0 Å². The quantitative estimate of drug-likeness (QED) is 0.812. The first-order valence-corrected chi connectivity index (χ1v) is 9.36. The fraction of sp³-hybridized carbons (Fsp3) is 0.400. The molecule has 0 unspecified atom stereocenters. The molecule has 1 N–H and O–H groups in total. The topological polar surface area (TPSA) is 80.3 Å². The van der Waals surface area contributed by atoms with Gasteiger partial charge in [0.2, 0.25) is 10.0 Å². The molecule has 0 aliphatic rings. The van der Waals surface area contributed by atoms with Crippen molar-refractivity contribution in [3.05, 3.63) is 24.0 Å². The average Bonchev–Trinajstić information content (AvgIpc) is 2.24. The molecule has 0 amide bonds. The van der Waals surface area contributed by atoms with Gasteiger partial charge in [-0.3, -0.25) is 4.72 Å². The third-order valence-corrected chi connectivity index (χ3v) is 4.96. The van der Waals surface area contributed by atoms with Crippen molar-refractivity contribution in [2.45, 2.75) is 24.7 Å². The monoisotopic (exact) mass is 329 g/mol. The van der Waals surface area contributed by atoms with Crippen molar-refractivity contribution in [1.29, 1.82) is 0 Å². The zero-order chi connectivity index (χ0) is 14.7. The molecule has 0 aromatic heterocycles. The Morgan fingerprint density at radius 1 is 1.26 bits per heavy atom. The highest BCUT2D eigenvalue weighted by atomic mass is 35.7. The van der Waals surface area contributed by atoms with E-state index in [-0.39, 0.29) is 11.4 Å². The van der Waals surface area contributed by atoms with Crippen LogP contribution < -0.4 is 4.72 Å². The molecule has 5 nitrogen and oxygen atoms in total. The Kier molecular flexibility index (Phi) is 5.17. The summed E-state index contributed by atoms with van der Waals surface area (Å²) in [6.45, 7) is 1.84. The molecule has 0 aliphatic carbocycles. The van der Waals surface area contributed by atoms with E-state index in [4.69, 9.17) is 10.7 Å². The minimum atomic E-state index is -4.19. The van der Waals surface area contributed by atoms with E-state index in [0.29, 0.717) is 12.8 Å². The van der Waals surface area contributed by atoms with E-state index in [1.165, 1.54) is 0 Å². The smallest absolute Gasteiger partial charge is 0.264 e. The summed E-state index contributed by atoms with van der Waals surface area (Å²) < 4.78 is 60.7. The third-order valence-electron chi connectivity index (χ3n) is 2.23. The maximum atomic E-state index is 13.5. The van der Waals surface area contributed by atoms with Crippen molar-refractivity contribution >= 4 is 35.4 Å². The Hall–Kier alpha value is -0.860. The lowest BCUT2D eigenvalue weighted by molar-refractivity contribution is 0.576. The Morgan fingerprint density at radius 3 is 2.37 bits per heavy atom. The molecule has 19 heavy (non-hydrogen) atoms. The van der Waals surface area contributed by atoms with Gasteiger partial charge in [-0.15, -0.1) is 0 Å². The average molecular weight is 330 g/mol. The van der Waals surface area contributed by atoms with Gasteiger partial charge in [0.05, 0.1) is 11.4 Å². The number of hydrogen-bond acceptors (Lipinski definition) is 4. The number of benzene rings is 1. The molecule has 0 aliphatic heterocycles. The summed E-state index contributed by atoms with van der Waals surface area (Å²) in [5.74, 6) is -1.19. The minimum Gasteiger partial charge on any atom is -0.283 e. The molecule has 1 aromatic carbocycles. The fourth-order valence-electron chi connectivity index (χ4n) is 1.33. The predicted molar refractivity (Wildman–Crippen MR) is 71.8 cm³/mol. The molecule has 108 valence electrons. The van der Waals surface area contributed by atoms with Crippen LogP contribution in [0.3, 0.4) is 0 Å². The zero-order valence-electron chi connectivity index (χ0n) is 10.1. The number of halogens is 2. The van der Waals surface area contributed by atoms with E-state index in [2.05, 4.69) is 4.72 Å². The summed E-state index contributed by atoms with van der Waals surface area (Å²) in [7, 11) is -2.74. The number of unbranched alkanes of at least 4 members (excludes halogenated alkanes) is 1. The van der Waals surface area contributed by atoms with E-state index in [0.717, 1.165) is 18.2 Å². The third kappa shape index (κ3) is 4.96. The van der Waals surface area contributed by atoms with Gasteiger partial charge in [0, 0.05) is 10.7 Å². The van der Waals surface area contributed by atoms with E-state index < -0.39 is 29.8 Å². The van der Waals surface area contributed by atoms with Gasteiger partial charge in [-0.25, -0.2) is 21.2 Å². The van der Waals surface area contributed by atoms with E-state index in [1.54, 1.807) is 0 Å². The van der Waals surface area contributed by atoms with Crippen LogP contribution in [0.1, 0.15) is 19.8 Å².